The minimum atomic E-state index is -0.467. The third-order valence-corrected chi connectivity index (χ3v) is 8.53. The van der Waals surface area contributed by atoms with Crippen LogP contribution in [-0.2, 0) is 9.59 Å². The fourth-order valence-electron chi connectivity index (χ4n) is 4.36. The van der Waals surface area contributed by atoms with E-state index in [-0.39, 0.29) is 22.8 Å². The number of halogens is 1. The number of amides is 3. The Morgan fingerprint density at radius 2 is 1.59 bits per heavy atom. The number of nitrogens with one attached hydrogen (secondary N) is 3. The van der Waals surface area contributed by atoms with Gasteiger partial charge in [0.2, 0.25) is 5.91 Å². The molecule has 4 rings (SSSR count). The van der Waals surface area contributed by atoms with Gasteiger partial charge in [0.15, 0.2) is 0 Å². The van der Waals surface area contributed by atoms with Crippen molar-refractivity contribution in [3.8, 4) is 0 Å². The number of hydrogen-bond acceptors (Lipinski definition) is 4. The number of thioether (sulfide) groups is 1. The summed E-state index contributed by atoms with van der Waals surface area (Å²) in [5.74, 6) is -0.611. The third kappa shape index (κ3) is 9.09. The summed E-state index contributed by atoms with van der Waals surface area (Å²) >= 11 is 7.54. The number of carbonyl (C=O) groups is 3. The molecule has 1 atom stereocenters. The lowest BCUT2D eigenvalue weighted by Crippen LogP contribution is -2.30. The largest absolute Gasteiger partial charge is 0.325 e. The van der Waals surface area contributed by atoms with Gasteiger partial charge in [0, 0.05) is 26.9 Å². The van der Waals surface area contributed by atoms with Crippen LogP contribution in [0.3, 0.4) is 0 Å². The molecular weight excluding hydrogens is 590 g/mol. The second-order valence-electron chi connectivity index (χ2n) is 10.6. The van der Waals surface area contributed by atoms with Gasteiger partial charge in [-0.15, -0.1) is 11.8 Å². The Balaban J connectivity index is 1.52. The van der Waals surface area contributed by atoms with Crippen LogP contribution in [0.4, 0.5) is 11.4 Å². The van der Waals surface area contributed by atoms with Gasteiger partial charge in [0.25, 0.3) is 11.8 Å². The first-order valence-electron chi connectivity index (χ1n) is 14.5. The average Bonchev–Trinajstić information content (AvgIpc) is 3.02. The average molecular weight is 626 g/mol. The van der Waals surface area contributed by atoms with Crippen molar-refractivity contribution in [1.82, 2.24) is 5.32 Å². The quantitative estimate of drug-likeness (QED) is 0.115. The van der Waals surface area contributed by atoms with Crippen molar-refractivity contribution >= 4 is 58.5 Å². The predicted molar refractivity (Wildman–Crippen MR) is 182 cm³/mol. The molecule has 4 aromatic rings. The Morgan fingerprint density at radius 1 is 0.864 bits per heavy atom. The summed E-state index contributed by atoms with van der Waals surface area (Å²) in [5.41, 5.74) is 4.65. The molecule has 0 bridgehead atoms. The molecule has 0 radical (unpaired) electrons. The van der Waals surface area contributed by atoms with Crippen LogP contribution < -0.4 is 16.0 Å². The molecule has 0 spiro atoms. The SMILES string of the molecule is CCC(Sc1cccc(NC(=O)/C(=C\c2ccc(C(C)C)cc2)NC(=O)c2ccccc2)c1)C(=O)Nc1cc(Cl)ccc1C. The molecule has 1 unspecified atom stereocenters. The Kier molecular flexibility index (Phi) is 11.4. The minimum absolute atomic E-state index is 0.108. The molecule has 0 aliphatic carbocycles. The van der Waals surface area contributed by atoms with Gasteiger partial charge in [-0.25, -0.2) is 0 Å². The van der Waals surface area contributed by atoms with E-state index >= 15 is 0 Å². The van der Waals surface area contributed by atoms with Crippen molar-refractivity contribution in [1.29, 1.82) is 0 Å². The topological polar surface area (TPSA) is 87.3 Å². The number of anilines is 2. The predicted octanol–water partition coefficient (Wildman–Crippen LogP) is 8.69. The molecule has 0 aliphatic heterocycles. The molecule has 8 heteroatoms. The van der Waals surface area contributed by atoms with E-state index in [1.807, 2.05) is 68.4 Å². The first-order chi connectivity index (χ1) is 21.1. The van der Waals surface area contributed by atoms with Gasteiger partial charge in [0.1, 0.15) is 5.70 Å². The smallest absolute Gasteiger partial charge is 0.272 e. The molecule has 226 valence electrons. The highest BCUT2D eigenvalue weighted by molar-refractivity contribution is 8.00. The number of benzene rings is 4. The second-order valence-corrected chi connectivity index (χ2v) is 12.4. The summed E-state index contributed by atoms with van der Waals surface area (Å²) < 4.78 is 0. The Labute approximate surface area is 268 Å². The number of carbonyl (C=O) groups excluding carboxylic acids is 3. The zero-order valence-electron chi connectivity index (χ0n) is 25.2. The lowest BCUT2D eigenvalue weighted by molar-refractivity contribution is -0.116. The summed E-state index contributed by atoms with van der Waals surface area (Å²) in [4.78, 5) is 40.5. The fraction of sp³-hybridized carbons (Fsp3) is 0.194. The van der Waals surface area contributed by atoms with Gasteiger partial charge < -0.3 is 16.0 Å². The van der Waals surface area contributed by atoms with Crippen LogP contribution in [0, 0.1) is 6.92 Å². The van der Waals surface area contributed by atoms with E-state index in [4.69, 9.17) is 11.6 Å². The molecule has 3 N–H and O–H groups in total. The number of hydrogen-bond donors (Lipinski definition) is 3. The van der Waals surface area contributed by atoms with Crippen LogP contribution >= 0.6 is 23.4 Å². The highest BCUT2D eigenvalue weighted by Crippen LogP contribution is 2.30. The molecule has 0 fully saturated rings. The van der Waals surface area contributed by atoms with E-state index < -0.39 is 5.91 Å². The monoisotopic (exact) mass is 625 g/mol. The highest BCUT2D eigenvalue weighted by atomic mass is 35.5. The molecule has 0 saturated heterocycles. The Morgan fingerprint density at radius 3 is 2.27 bits per heavy atom. The van der Waals surface area contributed by atoms with Crippen LogP contribution in [0.15, 0.2) is 108 Å². The minimum Gasteiger partial charge on any atom is -0.325 e. The van der Waals surface area contributed by atoms with Gasteiger partial charge in [0.05, 0.1) is 5.25 Å². The van der Waals surface area contributed by atoms with Gasteiger partial charge in [-0.1, -0.05) is 87.0 Å². The summed E-state index contributed by atoms with van der Waals surface area (Å²) in [5, 5.41) is 8.87. The number of aryl methyl sites for hydroxylation is 1. The molecule has 4 aromatic carbocycles. The summed E-state index contributed by atoms with van der Waals surface area (Å²) in [6.07, 6.45) is 2.26. The van der Waals surface area contributed by atoms with Crippen molar-refractivity contribution in [2.45, 2.75) is 50.2 Å². The molecule has 44 heavy (non-hydrogen) atoms. The summed E-state index contributed by atoms with van der Waals surface area (Å²) in [6.45, 7) is 8.10. The molecule has 3 amide bonds. The standard InChI is InChI=1S/C36H36ClN3O3S/c1-5-33(36(43)39-31-21-28(37)19-14-24(31)4)44-30-13-9-12-29(22-30)38-35(42)32(40-34(41)27-10-7-6-8-11-27)20-25-15-17-26(18-16-25)23(2)3/h6-23,33H,5H2,1-4H3,(H,38,42)(H,39,43)(H,40,41)/b32-20+. The Bertz CT molecular complexity index is 1650. The zero-order valence-corrected chi connectivity index (χ0v) is 26.8. The summed E-state index contributed by atoms with van der Waals surface area (Å²) in [6, 6.07) is 29.3. The molecule has 0 saturated carbocycles. The van der Waals surface area contributed by atoms with E-state index in [9.17, 15) is 14.4 Å². The maximum atomic E-state index is 13.5. The van der Waals surface area contributed by atoms with Crippen LogP contribution in [0.1, 0.15) is 60.2 Å². The van der Waals surface area contributed by atoms with Gasteiger partial charge in [-0.3, -0.25) is 14.4 Å². The maximum absolute atomic E-state index is 13.5. The van der Waals surface area contributed by atoms with Crippen LogP contribution in [0.2, 0.25) is 5.02 Å². The third-order valence-electron chi connectivity index (χ3n) is 6.93. The number of rotatable bonds is 11. The lowest BCUT2D eigenvalue weighted by Gasteiger charge is -2.17. The van der Waals surface area contributed by atoms with E-state index in [2.05, 4.69) is 29.8 Å². The first-order valence-corrected chi connectivity index (χ1v) is 15.7. The maximum Gasteiger partial charge on any atom is 0.272 e. The Hall–Kier alpha value is -4.33. The molecular formula is C36H36ClN3O3S. The van der Waals surface area contributed by atoms with Crippen molar-refractivity contribution < 1.29 is 14.4 Å². The molecule has 0 aromatic heterocycles. The van der Waals surface area contributed by atoms with Gasteiger partial charge >= 0.3 is 0 Å². The van der Waals surface area contributed by atoms with E-state index in [0.717, 1.165) is 16.0 Å². The van der Waals surface area contributed by atoms with Gasteiger partial charge in [-0.05, 0) is 84.5 Å². The molecule has 0 aliphatic rings. The zero-order chi connectivity index (χ0) is 31.6. The van der Waals surface area contributed by atoms with Gasteiger partial charge in [-0.2, -0.15) is 0 Å². The summed E-state index contributed by atoms with van der Waals surface area (Å²) in [7, 11) is 0. The van der Waals surface area contributed by atoms with E-state index in [1.54, 1.807) is 48.5 Å². The normalized spacial score (nSPS) is 12.0. The van der Waals surface area contributed by atoms with Crippen LogP contribution in [0.5, 0.6) is 0 Å². The van der Waals surface area contributed by atoms with Crippen molar-refractivity contribution in [2.75, 3.05) is 10.6 Å². The molecule has 6 nitrogen and oxygen atoms in total. The lowest BCUT2D eigenvalue weighted by atomic mass is 10.0. The van der Waals surface area contributed by atoms with Crippen LogP contribution in [-0.4, -0.2) is 23.0 Å². The van der Waals surface area contributed by atoms with Crippen molar-refractivity contribution in [3.05, 3.63) is 130 Å². The second kappa shape index (κ2) is 15.4. The first kappa shape index (κ1) is 32.6. The van der Waals surface area contributed by atoms with E-state index in [1.165, 1.54) is 17.3 Å². The van der Waals surface area contributed by atoms with Crippen molar-refractivity contribution in [2.24, 2.45) is 0 Å². The fourth-order valence-corrected chi connectivity index (χ4v) is 5.55. The van der Waals surface area contributed by atoms with Crippen LogP contribution in [0.25, 0.3) is 6.08 Å². The highest BCUT2D eigenvalue weighted by Gasteiger charge is 2.20. The van der Waals surface area contributed by atoms with Crippen molar-refractivity contribution in [3.63, 3.8) is 0 Å². The van der Waals surface area contributed by atoms with E-state index in [0.29, 0.717) is 34.3 Å². The molecule has 0 heterocycles.